The third-order valence-electron chi connectivity index (χ3n) is 16.3. The molecule has 0 radical (unpaired) electrons. The van der Waals surface area contributed by atoms with Crippen molar-refractivity contribution in [3.05, 3.63) is 36.5 Å². The summed E-state index contributed by atoms with van der Waals surface area (Å²) in [5.41, 5.74) is 0. The van der Waals surface area contributed by atoms with E-state index in [1.54, 1.807) is 0 Å². The predicted molar refractivity (Wildman–Crippen MR) is 356 cm³/mol. The molecule has 3 atom stereocenters. The summed E-state index contributed by atoms with van der Waals surface area (Å²) in [4.78, 5) is 37.9. The van der Waals surface area contributed by atoms with E-state index >= 15 is 0 Å². The van der Waals surface area contributed by atoms with Gasteiger partial charge >= 0.3 is 13.8 Å². The number of unbranched alkanes of at least 4 members (excludes halogenated alkanes) is 46. The van der Waals surface area contributed by atoms with E-state index in [1.165, 1.54) is 270 Å². The largest absolute Gasteiger partial charge is 0.472 e. The van der Waals surface area contributed by atoms with E-state index in [-0.39, 0.29) is 25.1 Å². The Bertz CT molecular complexity index is 1500. The van der Waals surface area contributed by atoms with Crippen LogP contribution in [0.1, 0.15) is 361 Å². The lowest BCUT2D eigenvalue weighted by Crippen LogP contribution is -2.47. The smallest absolute Gasteiger partial charge is 0.456 e. The molecule has 0 saturated heterocycles. The summed E-state index contributed by atoms with van der Waals surface area (Å²) < 4.78 is 30.8. The number of hydrogen-bond acceptors (Lipinski definition) is 6. The molecule has 0 spiro atoms. The highest BCUT2D eigenvalue weighted by atomic mass is 31.2. The molecule has 0 aliphatic rings. The van der Waals surface area contributed by atoms with E-state index in [4.69, 9.17) is 13.8 Å². The lowest BCUT2D eigenvalue weighted by atomic mass is 10.0. The average Bonchev–Trinajstić information content (AvgIpc) is 3.47. The number of amides is 1. The van der Waals surface area contributed by atoms with Crippen molar-refractivity contribution < 1.29 is 37.3 Å². The molecule has 10 heteroatoms. The number of carbonyl (C=O) groups is 2. The van der Waals surface area contributed by atoms with Crippen molar-refractivity contribution in [1.82, 2.24) is 5.32 Å². The van der Waals surface area contributed by atoms with Gasteiger partial charge in [0.25, 0.3) is 0 Å². The molecule has 0 heterocycles. The first kappa shape index (κ1) is 80.2. The van der Waals surface area contributed by atoms with Gasteiger partial charge in [-0.25, -0.2) is 4.57 Å². The molecule has 0 aromatic carbocycles. The number of quaternary nitrogens is 1. The summed E-state index contributed by atoms with van der Waals surface area (Å²) in [6.45, 7) is 7.06. The van der Waals surface area contributed by atoms with Crippen molar-refractivity contribution in [3.63, 3.8) is 0 Å². The Hall–Kier alpha value is -1.77. The Morgan fingerprint density at radius 3 is 1.04 bits per heavy atom. The van der Waals surface area contributed by atoms with Gasteiger partial charge in [0, 0.05) is 12.8 Å². The first-order valence-electron chi connectivity index (χ1n) is 35.8. The van der Waals surface area contributed by atoms with Gasteiger partial charge in [-0.15, -0.1) is 0 Å². The maximum Gasteiger partial charge on any atom is 0.472 e. The Balaban J connectivity index is 5.05. The summed E-state index contributed by atoms with van der Waals surface area (Å²) in [7, 11) is 1.51. The SMILES string of the molecule is CCCCCCCC/C=C/CCCCCCCCCCCCCCCC(=O)NC(COP(=O)(O)OCC[N+](C)(C)C)C(/C=C/CCCCCCCCCCCC)OC(=O)CCCCCCCCCCCCC/C=C/CCCCCCCC. The van der Waals surface area contributed by atoms with Crippen molar-refractivity contribution >= 4 is 19.7 Å². The van der Waals surface area contributed by atoms with Gasteiger partial charge in [0.2, 0.25) is 5.91 Å². The van der Waals surface area contributed by atoms with Gasteiger partial charge in [-0.05, 0) is 83.1 Å². The van der Waals surface area contributed by atoms with E-state index < -0.39 is 20.0 Å². The summed E-state index contributed by atoms with van der Waals surface area (Å²) in [6, 6.07) is -0.846. The second-order valence-electron chi connectivity index (χ2n) is 25.8. The minimum absolute atomic E-state index is 0.0427. The van der Waals surface area contributed by atoms with Crippen molar-refractivity contribution in [1.29, 1.82) is 0 Å². The molecular weight excluding hydrogens is 1040 g/mol. The Kier molecular flexibility index (Phi) is 60.9. The first-order chi connectivity index (χ1) is 39.9. The Morgan fingerprint density at radius 2 is 0.707 bits per heavy atom. The number of nitrogens with zero attached hydrogens (tertiary/aromatic N) is 1. The standard InChI is InChI=1S/C72H139N2O7P/c1-7-10-13-16-19-22-25-28-30-32-34-36-37-39-40-42-44-46-49-52-55-58-61-64-71(75)73-69(68-80-82(77,78)79-67-66-74(4,5)6)70(63-60-57-54-51-48-27-24-21-18-15-12-9-3)81-72(76)65-62-59-56-53-50-47-45-43-41-38-35-33-31-29-26-23-20-17-14-11-8-2/h28-31,60,63,69-70H,7-27,32-59,61-62,64-68H2,1-6H3,(H-,73,75,77,78)/p+1/b30-28+,31-29+,63-60+. The molecule has 484 valence electrons. The van der Waals surface area contributed by atoms with Gasteiger partial charge in [0.1, 0.15) is 19.3 Å². The minimum Gasteiger partial charge on any atom is -0.456 e. The average molecular weight is 1180 g/mol. The molecular formula is C72H140N2O7P+. The maximum absolute atomic E-state index is 13.6. The highest BCUT2D eigenvalue weighted by Gasteiger charge is 2.30. The molecule has 0 saturated carbocycles. The fraction of sp³-hybridized carbons (Fsp3) is 0.889. The molecule has 0 bridgehead atoms. The number of phosphoric acid groups is 1. The van der Waals surface area contributed by atoms with E-state index in [1.807, 2.05) is 33.3 Å². The van der Waals surface area contributed by atoms with Crippen LogP contribution in [-0.2, 0) is 27.9 Å². The molecule has 9 nitrogen and oxygen atoms in total. The topological polar surface area (TPSA) is 111 Å². The normalized spacial score (nSPS) is 13.7. The highest BCUT2D eigenvalue weighted by molar-refractivity contribution is 7.47. The molecule has 0 aromatic rings. The van der Waals surface area contributed by atoms with Crippen LogP contribution in [0, 0.1) is 0 Å². The minimum atomic E-state index is -4.45. The van der Waals surface area contributed by atoms with Crippen LogP contribution in [0.2, 0.25) is 0 Å². The number of rotatable bonds is 66. The van der Waals surface area contributed by atoms with Crippen molar-refractivity contribution in [2.75, 3.05) is 40.9 Å². The lowest BCUT2D eigenvalue weighted by molar-refractivity contribution is -0.870. The number of esters is 1. The van der Waals surface area contributed by atoms with Gasteiger partial charge < -0.3 is 19.4 Å². The van der Waals surface area contributed by atoms with Crippen LogP contribution in [0.3, 0.4) is 0 Å². The molecule has 3 unspecified atom stereocenters. The summed E-state index contributed by atoms with van der Waals surface area (Å²) >= 11 is 0. The van der Waals surface area contributed by atoms with E-state index in [9.17, 15) is 19.0 Å². The zero-order valence-corrected chi connectivity index (χ0v) is 56.4. The quantitative estimate of drug-likeness (QED) is 0.0205. The number of carbonyl (C=O) groups excluding carboxylic acids is 2. The number of allylic oxidation sites excluding steroid dienone is 5. The van der Waals surface area contributed by atoms with E-state index in [0.717, 1.165) is 57.8 Å². The summed E-state index contributed by atoms with van der Waals surface area (Å²) in [5, 5.41) is 3.08. The summed E-state index contributed by atoms with van der Waals surface area (Å²) in [6.07, 6.45) is 77.3. The predicted octanol–water partition coefficient (Wildman–Crippen LogP) is 22.6. The third-order valence-corrected chi connectivity index (χ3v) is 17.3. The zero-order chi connectivity index (χ0) is 60.0. The second-order valence-corrected chi connectivity index (χ2v) is 27.2. The van der Waals surface area contributed by atoms with Crippen molar-refractivity contribution in [2.24, 2.45) is 0 Å². The Labute approximate surface area is 510 Å². The molecule has 0 aliphatic carbocycles. The molecule has 0 aromatic heterocycles. The van der Waals surface area contributed by atoms with Gasteiger partial charge in [-0.1, -0.05) is 302 Å². The van der Waals surface area contributed by atoms with E-state index in [2.05, 4.69) is 50.4 Å². The number of ether oxygens (including phenoxy) is 1. The number of phosphoric ester groups is 1. The second kappa shape index (κ2) is 62.3. The zero-order valence-electron chi connectivity index (χ0n) is 55.5. The number of hydrogen-bond donors (Lipinski definition) is 2. The molecule has 0 fully saturated rings. The molecule has 0 rings (SSSR count). The van der Waals surface area contributed by atoms with Gasteiger partial charge in [-0.2, -0.15) is 0 Å². The van der Waals surface area contributed by atoms with E-state index in [0.29, 0.717) is 23.9 Å². The van der Waals surface area contributed by atoms with Crippen molar-refractivity contribution in [2.45, 2.75) is 373 Å². The third kappa shape index (κ3) is 62.8. The maximum atomic E-state index is 13.6. The molecule has 1 amide bonds. The van der Waals surface area contributed by atoms with Gasteiger partial charge in [0.05, 0.1) is 33.8 Å². The molecule has 82 heavy (non-hydrogen) atoms. The number of likely N-dealkylation sites (N-methyl/N-ethyl adjacent to an activating group) is 1. The van der Waals surface area contributed by atoms with Crippen LogP contribution >= 0.6 is 7.82 Å². The molecule has 2 N–H and O–H groups in total. The van der Waals surface area contributed by atoms with Crippen LogP contribution in [0.5, 0.6) is 0 Å². The van der Waals surface area contributed by atoms with Crippen LogP contribution in [-0.4, -0.2) is 74.3 Å². The van der Waals surface area contributed by atoms with Crippen LogP contribution in [0.4, 0.5) is 0 Å². The Morgan fingerprint density at radius 1 is 0.415 bits per heavy atom. The van der Waals surface area contributed by atoms with Crippen LogP contribution in [0.25, 0.3) is 0 Å². The molecule has 0 aliphatic heterocycles. The monoisotopic (exact) mass is 1180 g/mol. The van der Waals surface area contributed by atoms with Crippen molar-refractivity contribution in [3.8, 4) is 0 Å². The fourth-order valence-electron chi connectivity index (χ4n) is 10.8. The van der Waals surface area contributed by atoms with Crippen LogP contribution < -0.4 is 5.32 Å². The van der Waals surface area contributed by atoms with Gasteiger partial charge in [0.15, 0.2) is 0 Å². The van der Waals surface area contributed by atoms with Crippen LogP contribution in [0.15, 0.2) is 36.5 Å². The first-order valence-corrected chi connectivity index (χ1v) is 37.3. The summed E-state index contributed by atoms with van der Waals surface area (Å²) in [5.74, 6) is -0.488. The van der Waals surface area contributed by atoms with Gasteiger partial charge in [-0.3, -0.25) is 18.6 Å². The number of nitrogens with one attached hydrogen (secondary N) is 1. The lowest BCUT2D eigenvalue weighted by Gasteiger charge is -2.27. The highest BCUT2D eigenvalue weighted by Crippen LogP contribution is 2.43. The fourth-order valence-corrected chi connectivity index (χ4v) is 11.5.